The number of carbonyl (C=O) groups excluding carboxylic acids is 1. The molecule has 1 aliphatic rings. The lowest BCUT2D eigenvalue weighted by Gasteiger charge is -2.09. The third kappa shape index (κ3) is 5.45. The predicted molar refractivity (Wildman–Crippen MR) is 96.7 cm³/mol. The van der Waals surface area contributed by atoms with E-state index in [4.69, 9.17) is 4.74 Å². The third-order valence-corrected chi connectivity index (χ3v) is 4.05. The van der Waals surface area contributed by atoms with E-state index in [1.165, 1.54) is 12.8 Å². The maximum absolute atomic E-state index is 12.0. The molecule has 1 fully saturated rings. The van der Waals surface area contributed by atoms with Crippen molar-refractivity contribution in [3.63, 3.8) is 0 Å². The van der Waals surface area contributed by atoms with Crippen molar-refractivity contribution >= 4 is 11.7 Å². The topological polar surface area (TPSA) is 76.1 Å². The molecule has 6 nitrogen and oxygen atoms in total. The van der Waals surface area contributed by atoms with Gasteiger partial charge < -0.3 is 15.4 Å². The largest absolute Gasteiger partial charge is 0.494 e. The van der Waals surface area contributed by atoms with E-state index in [1.54, 1.807) is 6.33 Å². The molecule has 132 valence electrons. The van der Waals surface area contributed by atoms with Gasteiger partial charge in [0.05, 0.1) is 18.8 Å². The van der Waals surface area contributed by atoms with Crippen molar-refractivity contribution in [1.29, 1.82) is 0 Å². The summed E-state index contributed by atoms with van der Waals surface area (Å²) in [6.07, 6.45) is 6.10. The van der Waals surface area contributed by atoms with Gasteiger partial charge in [-0.2, -0.15) is 0 Å². The highest BCUT2D eigenvalue weighted by molar-refractivity contribution is 5.89. The molecule has 1 heterocycles. The number of unbranched alkanes of at least 4 members (excludes halogenated alkanes) is 1. The average Bonchev–Trinajstić information content (AvgIpc) is 3.47. The zero-order valence-electron chi connectivity index (χ0n) is 14.5. The summed E-state index contributed by atoms with van der Waals surface area (Å²) in [6.45, 7) is 3.22. The molecule has 2 amide bonds. The molecule has 1 saturated carbocycles. The quantitative estimate of drug-likeness (QED) is 0.716. The standard InChI is InChI=1S/C19H24N4O2/c1-2-3-10-25-17-8-6-15(7-9-17)23-19(24)20-12-16-11-18(14-4-5-14)22-13-21-16/h6-9,11,13-14H,2-5,10,12H2,1H3,(H2,20,23,24). The average molecular weight is 340 g/mol. The maximum atomic E-state index is 12.0. The van der Waals surface area contributed by atoms with Gasteiger partial charge in [0.15, 0.2) is 0 Å². The molecule has 0 aliphatic heterocycles. The molecule has 1 aromatic carbocycles. The van der Waals surface area contributed by atoms with Crippen LogP contribution in [0.4, 0.5) is 10.5 Å². The smallest absolute Gasteiger partial charge is 0.319 e. The monoisotopic (exact) mass is 340 g/mol. The second-order valence-corrected chi connectivity index (χ2v) is 6.24. The Bertz CT molecular complexity index is 699. The Kier molecular flexibility index (Phi) is 5.82. The predicted octanol–water partition coefficient (Wildman–Crippen LogP) is 3.85. The summed E-state index contributed by atoms with van der Waals surface area (Å²) >= 11 is 0. The molecule has 6 heteroatoms. The minimum Gasteiger partial charge on any atom is -0.494 e. The molecule has 0 bridgehead atoms. The maximum Gasteiger partial charge on any atom is 0.319 e. The van der Waals surface area contributed by atoms with Crippen LogP contribution in [0.5, 0.6) is 5.75 Å². The van der Waals surface area contributed by atoms with Crippen LogP contribution in [0.1, 0.15) is 49.9 Å². The molecule has 0 atom stereocenters. The fourth-order valence-electron chi connectivity index (χ4n) is 2.43. The van der Waals surface area contributed by atoms with E-state index >= 15 is 0 Å². The van der Waals surface area contributed by atoms with Crippen molar-refractivity contribution in [2.45, 2.75) is 45.1 Å². The van der Waals surface area contributed by atoms with Crippen LogP contribution in [0.15, 0.2) is 36.7 Å². The van der Waals surface area contributed by atoms with E-state index in [9.17, 15) is 4.79 Å². The van der Waals surface area contributed by atoms with Gasteiger partial charge in [-0.25, -0.2) is 14.8 Å². The molecule has 2 N–H and O–H groups in total. The zero-order valence-corrected chi connectivity index (χ0v) is 14.5. The lowest BCUT2D eigenvalue weighted by Crippen LogP contribution is -2.28. The number of hydrogen-bond donors (Lipinski definition) is 2. The van der Waals surface area contributed by atoms with Crippen LogP contribution in [0.3, 0.4) is 0 Å². The van der Waals surface area contributed by atoms with Gasteiger partial charge in [-0.05, 0) is 49.6 Å². The van der Waals surface area contributed by atoms with Gasteiger partial charge in [0.2, 0.25) is 0 Å². The highest BCUT2D eigenvalue weighted by Crippen LogP contribution is 2.38. The minimum atomic E-state index is -0.258. The number of benzene rings is 1. The summed E-state index contributed by atoms with van der Waals surface area (Å²) in [4.78, 5) is 20.5. The van der Waals surface area contributed by atoms with Gasteiger partial charge in [0.25, 0.3) is 0 Å². The number of ether oxygens (including phenoxy) is 1. The van der Waals surface area contributed by atoms with Crippen LogP contribution >= 0.6 is 0 Å². The van der Waals surface area contributed by atoms with Gasteiger partial charge in [0, 0.05) is 17.3 Å². The van der Waals surface area contributed by atoms with E-state index in [0.717, 1.165) is 35.7 Å². The van der Waals surface area contributed by atoms with Gasteiger partial charge >= 0.3 is 6.03 Å². The minimum absolute atomic E-state index is 0.258. The molecule has 1 aromatic heterocycles. The van der Waals surface area contributed by atoms with Crippen LogP contribution in [0.2, 0.25) is 0 Å². The van der Waals surface area contributed by atoms with Gasteiger partial charge in [-0.3, -0.25) is 0 Å². The summed E-state index contributed by atoms with van der Waals surface area (Å²) < 4.78 is 5.60. The van der Waals surface area contributed by atoms with Crippen molar-refractivity contribution < 1.29 is 9.53 Å². The number of carbonyl (C=O) groups is 1. The SMILES string of the molecule is CCCCOc1ccc(NC(=O)NCc2cc(C3CC3)ncn2)cc1. The Hall–Kier alpha value is -2.63. The number of aromatic nitrogens is 2. The molecular formula is C19H24N4O2. The summed E-state index contributed by atoms with van der Waals surface area (Å²) in [5, 5.41) is 5.63. The Morgan fingerprint density at radius 3 is 2.76 bits per heavy atom. The first-order valence-electron chi connectivity index (χ1n) is 8.83. The Balaban J connectivity index is 1.45. The molecule has 25 heavy (non-hydrogen) atoms. The number of urea groups is 1. The molecular weight excluding hydrogens is 316 g/mol. The molecule has 0 spiro atoms. The van der Waals surface area contributed by atoms with Crippen LogP contribution in [-0.4, -0.2) is 22.6 Å². The van der Waals surface area contributed by atoms with E-state index in [-0.39, 0.29) is 6.03 Å². The second kappa shape index (κ2) is 8.46. The summed E-state index contributed by atoms with van der Waals surface area (Å²) in [7, 11) is 0. The van der Waals surface area contributed by atoms with E-state index in [1.807, 2.05) is 30.3 Å². The van der Waals surface area contributed by atoms with Gasteiger partial charge in [0.1, 0.15) is 12.1 Å². The van der Waals surface area contributed by atoms with Crippen LogP contribution < -0.4 is 15.4 Å². The van der Waals surface area contributed by atoms with E-state index in [2.05, 4.69) is 27.5 Å². The molecule has 0 saturated heterocycles. The van der Waals surface area contributed by atoms with Crippen LogP contribution in [0.25, 0.3) is 0 Å². The zero-order chi connectivity index (χ0) is 17.5. The molecule has 0 radical (unpaired) electrons. The van der Waals surface area contributed by atoms with Gasteiger partial charge in [-0.1, -0.05) is 13.3 Å². The van der Waals surface area contributed by atoms with Crippen LogP contribution in [-0.2, 0) is 6.54 Å². The molecule has 3 rings (SSSR count). The van der Waals surface area contributed by atoms with Gasteiger partial charge in [-0.15, -0.1) is 0 Å². The number of anilines is 1. The number of amides is 2. The first-order chi connectivity index (χ1) is 12.2. The molecule has 1 aliphatic carbocycles. The summed E-state index contributed by atoms with van der Waals surface area (Å²) in [5.74, 6) is 1.39. The Morgan fingerprint density at radius 2 is 2.04 bits per heavy atom. The number of nitrogens with one attached hydrogen (secondary N) is 2. The van der Waals surface area contributed by atoms with Crippen molar-refractivity contribution in [2.24, 2.45) is 0 Å². The van der Waals surface area contributed by atoms with Crippen molar-refractivity contribution in [1.82, 2.24) is 15.3 Å². The lowest BCUT2D eigenvalue weighted by molar-refractivity contribution is 0.251. The number of hydrogen-bond acceptors (Lipinski definition) is 4. The first-order valence-corrected chi connectivity index (χ1v) is 8.83. The normalized spacial score (nSPS) is 13.3. The fraction of sp³-hybridized carbons (Fsp3) is 0.421. The number of nitrogens with zero attached hydrogens (tertiary/aromatic N) is 2. The fourth-order valence-corrected chi connectivity index (χ4v) is 2.43. The molecule has 2 aromatic rings. The Labute approximate surface area is 148 Å². The number of rotatable bonds is 8. The summed E-state index contributed by atoms with van der Waals surface area (Å²) in [6, 6.07) is 9.09. The van der Waals surface area contributed by atoms with Crippen molar-refractivity contribution in [3.05, 3.63) is 48.0 Å². The lowest BCUT2D eigenvalue weighted by atomic mass is 10.2. The second-order valence-electron chi connectivity index (χ2n) is 6.24. The third-order valence-electron chi connectivity index (χ3n) is 4.05. The first kappa shape index (κ1) is 17.2. The van der Waals surface area contributed by atoms with E-state index < -0.39 is 0 Å². The highest BCUT2D eigenvalue weighted by atomic mass is 16.5. The Morgan fingerprint density at radius 1 is 1.24 bits per heavy atom. The molecule has 0 unspecified atom stereocenters. The van der Waals surface area contributed by atoms with Crippen molar-refractivity contribution in [2.75, 3.05) is 11.9 Å². The van der Waals surface area contributed by atoms with Crippen molar-refractivity contribution in [3.8, 4) is 5.75 Å². The van der Waals surface area contributed by atoms with Crippen LogP contribution in [0, 0.1) is 0 Å². The summed E-state index contributed by atoms with van der Waals surface area (Å²) in [5.41, 5.74) is 2.62. The van der Waals surface area contributed by atoms with E-state index in [0.29, 0.717) is 19.1 Å². The highest BCUT2D eigenvalue weighted by Gasteiger charge is 2.25.